The molecule has 7 heteroatoms. The van der Waals surface area contributed by atoms with E-state index in [2.05, 4.69) is 5.32 Å². The van der Waals surface area contributed by atoms with E-state index in [1.165, 1.54) is 12.1 Å². The number of para-hydroxylation sites is 1. The summed E-state index contributed by atoms with van der Waals surface area (Å²) in [5.74, 6) is 0.0322. The Hall–Kier alpha value is -1.13. The Morgan fingerprint density at radius 2 is 1.62 bits per heavy atom. The zero-order chi connectivity index (χ0) is 15.4. The van der Waals surface area contributed by atoms with Crippen LogP contribution in [0, 0.1) is 0 Å². The van der Waals surface area contributed by atoms with E-state index in [-0.39, 0.29) is 11.6 Å². The maximum atomic E-state index is 11.8. The first-order chi connectivity index (χ1) is 9.97. The lowest BCUT2D eigenvalue weighted by Gasteiger charge is -2.10. The second kappa shape index (κ2) is 7.23. The minimum absolute atomic E-state index is 0.208. The van der Waals surface area contributed by atoms with Crippen molar-refractivity contribution in [2.75, 3.05) is 11.9 Å². The van der Waals surface area contributed by atoms with Gasteiger partial charge in [0.05, 0.1) is 25.8 Å². The molecule has 0 bridgehead atoms. The number of hydrogen-bond acceptors (Lipinski definition) is 2. The van der Waals surface area contributed by atoms with Crippen LogP contribution in [0.1, 0.15) is 0 Å². The molecule has 110 valence electrons. The highest BCUT2D eigenvalue weighted by Crippen LogP contribution is 2.32. The zero-order valence-electron chi connectivity index (χ0n) is 10.5. The molecule has 0 aliphatic carbocycles. The standard InChI is InChI=1S/C14H9Cl4NO2/c15-8-3-1-2-4-13(8)21-7-14(20)19-12-6-10(17)9(16)5-11(12)18/h1-6H,7H2,(H,19,20). The first-order valence-electron chi connectivity index (χ1n) is 5.79. The molecule has 0 aliphatic rings. The van der Waals surface area contributed by atoms with Gasteiger partial charge in [-0.25, -0.2) is 0 Å². The van der Waals surface area contributed by atoms with Crippen molar-refractivity contribution < 1.29 is 9.53 Å². The lowest BCUT2D eigenvalue weighted by atomic mass is 10.3. The smallest absolute Gasteiger partial charge is 0.262 e. The van der Waals surface area contributed by atoms with Crippen LogP contribution in [-0.2, 0) is 4.79 Å². The van der Waals surface area contributed by atoms with Gasteiger partial charge in [-0.15, -0.1) is 0 Å². The maximum Gasteiger partial charge on any atom is 0.262 e. The molecule has 0 unspecified atom stereocenters. The maximum absolute atomic E-state index is 11.8. The molecular formula is C14H9Cl4NO2. The van der Waals surface area contributed by atoms with E-state index < -0.39 is 5.91 Å². The number of carbonyl (C=O) groups is 1. The van der Waals surface area contributed by atoms with Gasteiger partial charge in [0, 0.05) is 0 Å². The number of anilines is 1. The molecule has 2 aromatic rings. The van der Waals surface area contributed by atoms with Gasteiger partial charge in [0.2, 0.25) is 0 Å². The summed E-state index contributed by atoms with van der Waals surface area (Å²) in [6.45, 7) is -0.208. The van der Waals surface area contributed by atoms with Gasteiger partial charge in [-0.2, -0.15) is 0 Å². The Morgan fingerprint density at radius 1 is 0.952 bits per heavy atom. The van der Waals surface area contributed by atoms with E-state index in [0.717, 1.165) is 0 Å². The third-order valence-electron chi connectivity index (χ3n) is 2.48. The van der Waals surface area contributed by atoms with Crippen LogP contribution in [-0.4, -0.2) is 12.5 Å². The number of nitrogens with one attached hydrogen (secondary N) is 1. The molecule has 21 heavy (non-hydrogen) atoms. The van der Waals surface area contributed by atoms with Crippen LogP contribution >= 0.6 is 46.4 Å². The molecule has 0 fully saturated rings. The number of hydrogen-bond donors (Lipinski definition) is 1. The van der Waals surface area contributed by atoms with Crippen molar-refractivity contribution in [1.29, 1.82) is 0 Å². The normalized spacial score (nSPS) is 10.3. The van der Waals surface area contributed by atoms with Crippen molar-refractivity contribution in [2.45, 2.75) is 0 Å². The fourth-order valence-electron chi connectivity index (χ4n) is 1.51. The van der Waals surface area contributed by atoms with E-state index in [1.807, 2.05) is 0 Å². The van der Waals surface area contributed by atoms with Gasteiger partial charge in [-0.3, -0.25) is 4.79 Å². The van der Waals surface area contributed by atoms with Crippen LogP contribution in [0.2, 0.25) is 20.1 Å². The average molecular weight is 365 g/mol. The topological polar surface area (TPSA) is 38.3 Å². The highest BCUT2D eigenvalue weighted by atomic mass is 35.5. The first kappa shape index (κ1) is 16.2. The van der Waals surface area contributed by atoms with Crippen molar-refractivity contribution >= 4 is 58.0 Å². The minimum atomic E-state index is -0.393. The molecule has 0 aromatic heterocycles. The lowest BCUT2D eigenvalue weighted by Crippen LogP contribution is -2.20. The molecule has 0 aliphatic heterocycles. The molecular weight excluding hydrogens is 356 g/mol. The number of ether oxygens (including phenoxy) is 1. The molecule has 0 heterocycles. The summed E-state index contributed by atoms with van der Waals surface area (Å²) in [5, 5.41) is 3.91. The van der Waals surface area contributed by atoms with Crippen molar-refractivity contribution in [2.24, 2.45) is 0 Å². The van der Waals surface area contributed by atoms with Gasteiger partial charge in [-0.1, -0.05) is 58.5 Å². The summed E-state index contributed by atoms with van der Waals surface area (Å²) in [6, 6.07) is 9.79. The summed E-state index contributed by atoms with van der Waals surface area (Å²) in [5.41, 5.74) is 0.360. The van der Waals surface area contributed by atoms with E-state index in [4.69, 9.17) is 51.1 Å². The first-order valence-corrected chi connectivity index (χ1v) is 7.30. The molecule has 3 nitrogen and oxygen atoms in total. The second-order valence-corrected chi connectivity index (χ2v) is 5.64. The van der Waals surface area contributed by atoms with Gasteiger partial charge in [0.25, 0.3) is 5.91 Å². The molecule has 0 saturated heterocycles. The molecule has 0 radical (unpaired) electrons. The van der Waals surface area contributed by atoms with Crippen LogP contribution in [0.4, 0.5) is 5.69 Å². The van der Waals surface area contributed by atoms with E-state index in [9.17, 15) is 4.79 Å². The van der Waals surface area contributed by atoms with E-state index >= 15 is 0 Å². The second-order valence-electron chi connectivity index (χ2n) is 4.01. The highest BCUT2D eigenvalue weighted by molar-refractivity contribution is 6.44. The van der Waals surface area contributed by atoms with Crippen molar-refractivity contribution in [3.63, 3.8) is 0 Å². The molecule has 1 amide bonds. The molecule has 0 atom stereocenters. The van der Waals surface area contributed by atoms with Crippen LogP contribution in [0.15, 0.2) is 36.4 Å². The number of halogens is 4. The zero-order valence-corrected chi connectivity index (χ0v) is 13.5. The monoisotopic (exact) mass is 363 g/mol. The Balaban J connectivity index is 1.99. The van der Waals surface area contributed by atoms with Crippen molar-refractivity contribution in [3.05, 3.63) is 56.5 Å². The summed E-state index contributed by atoms with van der Waals surface area (Å²) < 4.78 is 5.32. The Bertz CT molecular complexity index is 676. The minimum Gasteiger partial charge on any atom is -0.482 e. The summed E-state index contributed by atoms with van der Waals surface area (Å²) in [4.78, 5) is 11.8. The van der Waals surface area contributed by atoms with Gasteiger partial charge in [-0.05, 0) is 24.3 Å². The van der Waals surface area contributed by atoms with Gasteiger partial charge < -0.3 is 10.1 Å². The Kier molecular flexibility index (Phi) is 5.59. The largest absolute Gasteiger partial charge is 0.482 e. The quantitative estimate of drug-likeness (QED) is 0.745. The summed E-state index contributed by atoms with van der Waals surface area (Å²) in [7, 11) is 0. The fourth-order valence-corrected chi connectivity index (χ4v) is 2.29. The van der Waals surface area contributed by atoms with Crippen LogP contribution in [0.5, 0.6) is 5.75 Å². The number of rotatable bonds is 4. The summed E-state index contributed by atoms with van der Waals surface area (Å²) >= 11 is 23.6. The summed E-state index contributed by atoms with van der Waals surface area (Å²) in [6.07, 6.45) is 0. The highest BCUT2D eigenvalue weighted by Gasteiger charge is 2.10. The molecule has 0 spiro atoms. The Morgan fingerprint density at radius 3 is 2.33 bits per heavy atom. The van der Waals surface area contributed by atoms with Gasteiger partial charge >= 0.3 is 0 Å². The van der Waals surface area contributed by atoms with E-state index in [0.29, 0.717) is 26.5 Å². The van der Waals surface area contributed by atoms with E-state index in [1.54, 1.807) is 24.3 Å². The third kappa shape index (κ3) is 4.42. The Labute approximate surface area is 141 Å². The van der Waals surface area contributed by atoms with Crippen LogP contribution in [0.25, 0.3) is 0 Å². The number of carbonyl (C=O) groups excluding carboxylic acids is 1. The average Bonchev–Trinajstić information content (AvgIpc) is 2.44. The molecule has 1 N–H and O–H groups in total. The third-order valence-corrected chi connectivity index (χ3v) is 3.83. The predicted molar refractivity (Wildman–Crippen MR) is 87.0 cm³/mol. The van der Waals surface area contributed by atoms with Crippen molar-refractivity contribution in [1.82, 2.24) is 0 Å². The number of amides is 1. The molecule has 2 aromatic carbocycles. The SMILES string of the molecule is O=C(COc1ccccc1Cl)Nc1cc(Cl)c(Cl)cc1Cl. The predicted octanol–water partition coefficient (Wildman–Crippen LogP) is 5.32. The molecule has 0 saturated carbocycles. The number of benzene rings is 2. The molecule has 2 rings (SSSR count). The fraction of sp³-hybridized carbons (Fsp3) is 0.0714. The lowest BCUT2D eigenvalue weighted by molar-refractivity contribution is -0.118. The van der Waals surface area contributed by atoms with Crippen molar-refractivity contribution in [3.8, 4) is 5.75 Å². The van der Waals surface area contributed by atoms with Crippen LogP contribution < -0.4 is 10.1 Å². The van der Waals surface area contributed by atoms with Crippen LogP contribution in [0.3, 0.4) is 0 Å². The van der Waals surface area contributed by atoms with Gasteiger partial charge in [0.15, 0.2) is 6.61 Å². The van der Waals surface area contributed by atoms with Gasteiger partial charge in [0.1, 0.15) is 5.75 Å².